The molecule has 0 aliphatic carbocycles. The second-order valence-electron chi connectivity index (χ2n) is 8.89. The number of rotatable bonds is 9. The van der Waals surface area contributed by atoms with E-state index in [1.807, 2.05) is 43.3 Å². The summed E-state index contributed by atoms with van der Waals surface area (Å²) in [5.74, 6) is 0.654. The first-order valence-corrected chi connectivity index (χ1v) is 12.0. The number of nitrogens with one attached hydrogen (secondary N) is 2. The highest BCUT2D eigenvalue weighted by Crippen LogP contribution is 2.23. The van der Waals surface area contributed by atoms with Gasteiger partial charge in [0.15, 0.2) is 0 Å². The molecule has 8 nitrogen and oxygen atoms in total. The standard InChI is InChI=1S/C26H34N4O4/c1-19-16-21(6-7-24(19)30-11-10-27-26(30)32)25(31)28-18-20-4-3-5-23(17-20)34-15-12-29(2)22-8-13-33-14-9-22/h3-7,16-17,22H,8-15,18H2,1-2H3,(H,27,32)(H,28,31). The maximum absolute atomic E-state index is 12.7. The zero-order chi connectivity index (χ0) is 23.9. The van der Waals surface area contributed by atoms with Gasteiger partial charge in [-0.05, 0) is 68.3 Å². The molecule has 0 aromatic heterocycles. The van der Waals surface area contributed by atoms with E-state index in [4.69, 9.17) is 9.47 Å². The minimum Gasteiger partial charge on any atom is -0.492 e. The molecule has 2 aromatic carbocycles. The van der Waals surface area contributed by atoms with Crippen LogP contribution in [-0.2, 0) is 11.3 Å². The van der Waals surface area contributed by atoms with Crippen LogP contribution < -0.4 is 20.3 Å². The van der Waals surface area contributed by atoms with Crippen molar-refractivity contribution in [2.45, 2.75) is 32.4 Å². The molecule has 4 rings (SSSR count). The molecule has 2 aliphatic rings. The van der Waals surface area contributed by atoms with Crippen LogP contribution in [0, 0.1) is 6.92 Å². The SMILES string of the molecule is Cc1cc(C(=O)NCc2cccc(OCCN(C)C3CCOCC3)c2)ccc1N1CCNC1=O. The van der Waals surface area contributed by atoms with Gasteiger partial charge in [0.05, 0.1) is 0 Å². The molecule has 2 aromatic rings. The van der Waals surface area contributed by atoms with Crippen LogP contribution in [-0.4, -0.2) is 69.4 Å². The molecule has 2 N–H and O–H groups in total. The molecule has 2 aliphatic heterocycles. The maximum atomic E-state index is 12.7. The number of amides is 3. The lowest BCUT2D eigenvalue weighted by atomic mass is 10.1. The first-order chi connectivity index (χ1) is 16.5. The Morgan fingerprint density at radius 2 is 2.06 bits per heavy atom. The van der Waals surface area contributed by atoms with E-state index in [0.717, 1.165) is 55.2 Å². The van der Waals surface area contributed by atoms with E-state index in [1.54, 1.807) is 11.0 Å². The lowest BCUT2D eigenvalue weighted by Crippen LogP contribution is -2.38. The Balaban J connectivity index is 1.26. The Bertz CT molecular complexity index is 1010. The number of nitrogens with zero attached hydrogens (tertiary/aromatic N) is 2. The van der Waals surface area contributed by atoms with E-state index in [2.05, 4.69) is 22.6 Å². The van der Waals surface area contributed by atoms with Gasteiger partial charge in [0.2, 0.25) is 0 Å². The Labute approximate surface area is 201 Å². The van der Waals surface area contributed by atoms with E-state index >= 15 is 0 Å². The summed E-state index contributed by atoms with van der Waals surface area (Å²) in [6, 6.07) is 13.7. The molecule has 8 heteroatoms. The Hall–Kier alpha value is -3.10. The highest BCUT2D eigenvalue weighted by molar-refractivity contribution is 5.97. The fourth-order valence-electron chi connectivity index (χ4n) is 4.45. The number of aryl methyl sites for hydroxylation is 1. The molecule has 34 heavy (non-hydrogen) atoms. The van der Waals surface area contributed by atoms with Gasteiger partial charge in [-0.25, -0.2) is 4.79 Å². The van der Waals surface area contributed by atoms with Gasteiger partial charge < -0.3 is 20.1 Å². The minimum atomic E-state index is -0.148. The van der Waals surface area contributed by atoms with Gasteiger partial charge in [0, 0.05) is 56.7 Å². The van der Waals surface area contributed by atoms with Crippen LogP contribution in [0.2, 0.25) is 0 Å². The van der Waals surface area contributed by atoms with Crippen LogP contribution in [0.5, 0.6) is 5.75 Å². The Kier molecular flexibility index (Phi) is 8.03. The normalized spacial score (nSPS) is 16.6. The number of hydrogen-bond donors (Lipinski definition) is 2. The summed E-state index contributed by atoms with van der Waals surface area (Å²) in [7, 11) is 2.14. The third-order valence-electron chi connectivity index (χ3n) is 6.48. The van der Waals surface area contributed by atoms with E-state index in [0.29, 0.717) is 37.8 Å². The lowest BCUT2D eigenvalue weighted by molar-refractivity contribution is 0.0392. The van der Waals surface area contributed by atoms with Crippen molar-refractivity contribution >= 4 is 17.6 Å². The molecule has 2 saturated heterocycles. The summed E-state index contributed by atoms with van der Waals surface area (Å²) >= 11 is 0. The summed E-state index contributed by atoms with van der Waals surface area (Å²) in [4.78, 5) is 28.7. The molecule has 0 saturated carbocycles. The van der Waals surface area contributed by atoms with Crippen molar-refractivity contribution in [3.63, 3.8) is 0 Å². The van der Waals surface area contributed by atoms with Crippen LogP contribution in [0.4, 0.5) is 10.5 Å². The molecule has 0 spiro atoms. The van der Waals surface area contributed by atoms with E-state index in [-0.39, 0.29) is 11.9 Å². The van der Waals surface area contributed by atoms with Gasteiger partial charge in [-0.1, -0.05) is 12.1 Å². The van der Waals surface area contributed by atoms with Crippen molar-refractivity contribution in [1.82, 2.24) is 15.5 Å². The number of likely N-dealkylation sites (N-methyl/N-ethyl adjacent to an activating group) is 1. The number of hydrogen-bond acceptors (Lipinski definition) is 5. The minimum absolute atomic E-state index is 0.0994. The first-order valence-electron chi connectivity index (χ1n) is 12.0. The molecule has 2 heterocycles. The summed E-state index contributed by atoms with van der Waals surface area (Å²) in [6.07, 6.45) is 2.14. The monoisotopic (exact) mass is 466 g/mol. The van der Waals surface area contributed by atoms with E-state index in [1.165, 1.54) is 0 Å². The van der Waals surface area contributed by atoms with Crippen LogP contribution in [0.15, 0.2) is 42.5 Å². The predicted molar refractivity (Wildman–Crippen MR) is 132 cm³/mol. The van der Waals surface area contributed by atoms with Crippen molar-refractivity contribution in [2.24, 2.45) is 0 Å². The second-order valence-corrected chi connectivity index (χ2v) is 8.89. The Morgan fingerprint density at radius 1 is 1.24 bits per heavy atom. The fraction of sp³-hybridized carbons (Fsp3) is 0.462. The van der Waals surface area contributed by atoms with Crippen molar-refractivity contribution in [1.29, 1.82) is 0 Å². The molecule has 3 amide bonds. The highest BCUT2D eigenvalue weighted by atomic mass is 16.5. The van der Waals surface area contributed by atoms with Crippen molar-refractivity contribution in [3.8, 4) is 5.75 Å². The van der Waals surface area contributed by atoms with Gasteiger partial charge in [-0.2, -0.15) is 0 Å². The summed E-state index contributed by atoms with van der Waals surface area (Å²) < 4.78 is 11.4. The predicted octanol–water partition coefficient (Wildman–Crippen LogP) is 2.94. The number of urea groups is 1. The smallest absolute Gasteiger partial charge is 0.322 e. The van der Waals surface area contributed by atoms with Gasteiger partial charge in [-0.15, -0.1) is 0 Å². The molecule has 2 fully saturated rings. The molecule has 0 atom stereocenters. The van der Waals surface area contributed by atoms with E-state index < -0.39 is 0 Å². The largest absolute Gasteiger partial charge is 0.492 e. The molecule has 0 radical (unpaired) electrons. The Morgan fingerprint density at radius 3 is 2.79 bits per heavy atom. The van der Waals surface area contributed by atoms with Gasteiger partial charge in [0.25, 0.3) is 5.91 Å². The first kappa shape index (κ1) is 24.0. The van der Waals surface area contributed by atoms with Crippen LogP contribution in [0.3, 0.4) is 0 Å². The lowest BCUT2D eigenvalue weighted by Gasteiger charge is -2.31. The summed E-state index contributed by atoms with van der Waals surface area (Å²) in [5.41, 5.74) is 3.28. The summed E-state index contributed by atoms with van der Waals surface area (Å²) in [5, 5.41) is 5.78. The average Bonchev–Trinajstić information content (AvgIpc) is 3.28. The molecular weight excluding hydrogens is 432 g/mol. The molecule has 0 unspecified atom stereocenters. The number of anilines is 1. The number of carbonyl (C=O) groups excluding carboxylic acids is 2. The topological polar surface area (TPSA) is 83.1 Å². The summed E-state index contributed by atoms with van der Waals surface area (Å²) in [6.45, 7) is 6.74. The zero-order valence-corrected chi connectivity index (χ0v) is 20.0. The highest BCUT2D eigenvalue weighted by Gasteiger charge is 2.23. The van der Waals surface area contributed by atoms with Crippen LogP contribution in [0.1, 0.15) is 34.3 Å². The number of benzene rings is 2. The number of carbonyl (C=O) groups is 2. The zero-order valence-electron chi connectivity index (χ0n) is 20.0. The van der Waals surface area contributed by atoms with Crippen molar-refractivity contribution in [3.05, 3.63) is 59.2 Å². The van der Waals surface area contributed by atoms with Gasteiger partial charge in [0.1, 0.15) is 12.4 Å². The maximum Gasteiger partial charge on any atom is 0.322 e. The molecular formula is C26H34N4O4. The van der Waals surface area contributed by atoms with E-state index in [9.17, 15) is 9.59 Å². The van der Waals surface area contributed by atoms with Gasteiger partial charge in [-0.3, -0.25) is 14.6 Å². The fourth-order valence-corrected chi connectivity index (χ4v) is 4.45. The van der Waals surface area contributed by atoms with Crippen LogP contribution >= 0.6 is 0 Å². The van der Waals surface area contributed by atoms with Gasteiger partial charge >= 0.3 is 6.03 Å². The van der Waals surface area contributed by atoms with Crippen molar-refractivity contribution in [2.75, 3.05) is 51.4 Å². The van der Waals surface area contributed by atoms with Crippen LogP contribution in [0.25, 0.3) is 0 Å². The third kappa shape index (κ3) is 6.07. The quantitative estimate of drug-likeness (QED) is 0.594. The second kappa shape index (κ2) is 11.4. The number of ether oxygens (including phenoxy) is 2. The molecule has 0 bridgehead atoms. The average molecular weight is 467 g/mol. The van der Waals surface area contributed by atoms with Crippen molar-refractivity contribution < 1.29 is 19.1 Å². The molecule has 182 valence electrons. The third-order valence-corrected chi connectivity index (χ3v) is 6.48.